The molecule has 3 aromatic rings. The van der Waals surface area contributed by atoms with Crippen LogP contribution >= 0.6 is 0 Å². The summed E-state index contributed by atoms with van der Waals surface area (Å²) >= 11 is 0. The van der Waals surface area contributed by atoms with E-state index in [1.165, 1.54) is 18.4 Å². The van der Waals surface area contributed by atoms with Crippen LogP contribution in [0.15, 0.2) is 77.1 Å². The molecule has 2 bridgehead atoms. The number of carbonyl (C=O) groups is 2. The molecule has 1 fully saturated rings. The Morgan fingerprint density at radius 1 is 0.952 bits per heavy atom. The Hall–Kier alpha value is -4.33. The third-order valence-electron chi connectivity index (χ3n) is 8.80. The number of methoxy groups -OCH3 is 1. The average molecular weight is 567 g/mol. The second-order valence-corrected chi connectivity index (χ2v) is 11.6. The molecule has 8 nitrogen and oxygen atoms in total. The monoisotopic (exact) mass is 566 g/mol. The van der Waals surface area contributed by atoms with Crippen molar-refractivity contribution in [1.29, 1.82) is 0 Å². The predicted molar refractivity (Wildman–Crippen MR) is 165 cm³/mol. The van der Waals surface area contributed by atoms with E-state index >= 15 is 0 Å². The second kappa shape index (κ2) is 12.3. The van der Waals surface area contributed by atoms with E-state index < -0.39 is 0 Å². The van der Waals surface area contributed by atoms with Gasteiger partial charge in [-0.1, -0.05) is 17.7 Å². The number of aromatic nitrogens is 1. The molecule has 2 aromatic carbocycles. The summed E-state index contributed by atoms with van der Waals surface area (Å²) < 4.78 is 7.16. The van der Waals surface area contributed by atoms with Crippen molar-refractivity contribution < 1.29 is 14.3 Å². The lowest BCUT2D eigenvalue weighted by Crippen LogP contribution is -2.47. The van der Waals surface area contributed by atoms with Gasteiger partial charge in [0.15, 0.2) is 0 Å². The smallest absolute Gasteiger partial charge is 0.255 e. The summed E-state index contributed by atoms with van der Waals surface area (Å²) in [6.45, 7) is 2.77. The van der Waals surface area contributed by atoms with Gasteiger partial charge in [-0.3, -0.25) is 14.4 Å². The molecule has 0 saturated carbocycles. The summed E-state index contributed by atoms with van der Waals surface area (Å²) in [6, 6.07) is 18.1. The molecule has 2 N–H and O–H groups in total. The molecule has 2 amide bonds. The topological polar surface area (TPSA) is 92.7 Å². The Labute approximate surface area is 246 Å². The lowest BCUT2D eigenvalue weighted by Gasteiger charge is -2.44. The zero-order chi connectivity index (χ0) is 29.1. The average Bonchev–Trinajstić information content (AvgIpc) is 3.02. The molecule has 1 saturated heterocycles. The maximum Gasteiger partial charge on any atom is 0.255 e. The minimum absolute atomic E-state index is 0.0539. The lowest BCUT2D eigenvalue weighted by atomic mass is 9.83. The molecule has 0 radical (unpaired) electrons. The molecule has 2 unspecified atom stereocenters. The quantitative estimate of drug-likeness (QED) is 0.359. The Bertz CT molecular complexity index is 1560. The van der Waals surface area contributed by atoms with Gasteiger partial charge in [0.1, 0.15) is 5.75 Å². The predicted octanol–water partition coefficient (Wildman–Crippen LogP) is 5.35. The second-order valence-electron chi connectivity index (χ2n) is 11.6. The minimum Gasteiger partial charge on any atom is -0.497 e. The van der Waals surface area contributed by atoms with E-state index in [1.54, 1.807) is 43.5 Å². The SMILES string of the molecule is COc1ccc(C(=O)Nc2cc(C(=O)NCCC3=CCCCC3)ccc2N2CC3CC(C2)c2cccc(=O)n2C3)cc1. The van der Waals surface area contributed by atoms with Crippen molar-refractivity contribution in [1.82, 2.24) is 9.88 Å². The number of benzene rings is 2. The van der Waals surface area contributed by atoms with Gasteiger partial charge in [0, 0.05) is 55.0 Å². The van der Waals surface area contributed by atoms with Gasteiger partial charge in [-0.2, -0.15) is 0 Å². The summed E-state index contributed by atoms with van der Waals surface area (Å²) in [5.41, 5.74) is 5.03. The first-order valence-electron chi connectivity index (χ1n) is 15.0. The largest absolute Gasteiger partial charge is 0.497 e. The van der Waals surface area contributed by atoms with Crippen LogP contribution in [0.3, 0.4) is 0 Å². The van der Waals surface area contributed by atoms with Crippen LogP contribution < -0.4 is 25.8 Å². The van der Waals surface area contributed by atoms with Crippen molar-refractivity contribution in [2.24, 2.45) is 5.92 Å². The van der Waals surface area contributed by atoms with Crippen LogP contribution in [0, 0.1) is 5.92 Å². The van der Waals surface area contributed by atoms with Gasteiger partial charge in [-0.25, -0.2) is 0 Å². The molecular formula is C34H38N4O4. The Kier molecular flexibility index (Phi) is 8.13. The standard InChI is InChI=1S/C34H38N4O4/c1-42-28-13-10-25(11-14-28)34(41)36-29-19-26(33(40)35-17-16-23-6-3-2-4-7-23)12-15-31(29)37-20-24-18-27(22-37)30-8-5-9-32(39)38(30)21-24/h5-6,8-15,19,24,27H,2-4,7,16-18,20-22H2,1H3,(H,35,40)(H,36,41). The summed E-state index contributed by atoms with van der Waals surface area (Å²) in [7, 11) is 1.59. The zero-order valence-corrected chi connectivity index (χ0v) is 24.1. The van der Waals surface area contributed by atoms with E-state index in [1.807, 2.05) is 22.8 Å². The van der Waals surface area contributed by atoms with Gasteiger partial charge in [-0.05, 0) is 93.0 Å². The number of ether oxygens (including phenoxy) is 1. The number of amides is 2. The number of nitrogens with one attached hydrogen (secondary N) is 2. The molecular weight excluding hydrogens is 528 g/mol. The first-order chi connectivity index (χ1) is 20.5. The van der Waals surface area contributed by atoms with Crippen molar-refractivity contribution in [3.63, 3.8) is 0 Å². The van der Waals surface area contributed by atoms with Gasteiger partial charge < -0.3 is 24.8 Å². The maximum atomic E-state index is 13.4. The number of allylic oxidation sites excluding steroid dienone is 1. The van der Waals surface area contributed by atoms with Crippen molar-refractivity contribution in [2.45, 2.75) is 51.0 Å². The molecule has 6 rings (SSSR count). The summed E-state index contributed by atoms with van der Waals surface area (Å²) in [5, 5.41) is 6.16. The number of rotatable bonds is 8. The van der Waals surface area contributed by atoms with Gasteiger partial charge in [0.05, 0.1) is 18.5 Å². The summed E-state index contributed by atoms with van der Waals surface area (Å²) in [4.78, 5) is 41.3. The van der Waals surface area contributed by atoms with Gasteiger partial charge in [0.25, 0.3) is 17.4 Å². The van der Waals surface area contributed by atoms with Crippen molar-refractivity contribution in [2.75, 3.05) is 37.0 Å². The van der Waals surface area contributed by atoms with E-state index in [9.17, 15) is 14.4 Å². The zero-order valence-electron chi connectivity index (χ0n) is 24.1. The first-order valence-corrected chi connectivity index (χ1v) is 15.0. The molecule has 0 spiro atoms. The highest BCUT2D eigenvalue weighted by Gasteiger charge is 2.35. The summed E-state index contributed by atoms with van der Waals surface area (Å²) in [6.07, 6.45) is 8.91. The molecule has 2 aliphatic heterocycles. The fraction of sp³-hybridized carbons (Fsp3) is 0.382. The number of carbonyl (C=O) groups excluding carboxylic acids is 2. The van der Waals surface area contributed by atoms with Crippen LogP contribution in [-0.2, 0) is 6.54 Å². The van der Waals surface area contributed by atoms with Crippen molar-refractivity contribution in [3.05, 3.63) is 99.5 Å². The Morgan fingerprint density at radius 2 is 1.79 bits per heavy atom. The highest BCUT2D eigenvalue weighted by molar-refractivity contribution is 6.07. The molecule has 1 aromatic heterocycles. The van der Waals surface area contributed by atoms with Crippen LogP contribution in [-0.4, -0.2) is 43.1 Å². The third-order valence-corrected chi connectivity index (χ3v) is 8.80. The Morgan fingerprint density at radius 3 is 2.57 bits per heavy atom. The third kappa shape index (κ3) is 5.98. The summed E-state index contributed by atoms with van der Waals surface area (Å²) in [5.74, 6) is 0.804. The van der Waals surface area contributed by atoms with E-state index in [2.05, 4.69) is 27.7 Å². The van der Waals surface area contributed by atoms with Crippen LogP contribution in [0.25, 0.3) is 0 Å². The lowest BCUT2D eigenvalue weighted by molar-refractivity contribution is 0.0952. The number of piperidine rings is 1. The Balaban J connectivity index is 1.25. The van der Waals surface area contributed by atoms with Gasteiger partial charge >= 0.3 is 0 Å². The molecule has 218 valence electrons. The van der Waals surface area contributed by atoms with Crippen LogP contribution in [0.4, 0.5) is 11.4 Å². The van der Waals surface area contributed by atoms with E-state index in [4.69, 9.17) is 4.74 Å². The van der Waals surface area contributed by atoms with Crippen LogP contribution in [0.2, 0.25) is 0 Å². The highest BCUT2D eigenvalue weighted by atomic mass is 16.5. The minimum atomic E-state index is -0.255. The molecule has 2 atom stereocenters. The van der Waals surface area contributed by atoms with Crippen LogP contribution in [0.1, 0.15) is 70.9 Å². The molecule has 3 aliphatic rings. The molecule has 1 aliphatic carbocycles. The number of hydrogen-bond donors (Lipinski definition) is 2. The van der Waals surface area contributed by atoms with E-state index in [0.717, 1.165) is 50.2 Å². The van der Waals surface area contributed by atoms with Crippen molar-refractivity contribution in [3.8, 4) is 5.75 Å². The first kappa shape index (κ1) is 27.8. The number of hydrogen-bond acceptors (Lipinski definition) is 5. The van der Waals surface area contributed by atoms with E-state index in [-0.39, 0.29) is 23.3 Å². The number of fused-ring (bicyclic) bond motifs is 4. The molecule has 3 heterocycles. The van der Waals surface area contributed by atoms with Gasteiger partial charge in [0.2, 0.25) is 0 Å². The highest BCUT2D eigenvalue weighted by Crippen LogP contribution is 2.39. The number of nitrogens with zero attached hydrogens (tertiary/aromatic N) is 2. The fourth-order valence-corrected chi connectivity index (χ4v) is 6.65. The maximum absolute atomic E-state index is 13.4. The van der Waals surface area contributed by atoms with Crippen LogP contribution in [0.5, 0.6) is 5.75 Å². The van der Waals surface area contributed by atoms with E-state index in [0.29, 0.717) is 41.6 Å². The van der Waals surface area contributed by atoms with Crippen molar-refractivity contribution >= 4 is 23.2 Å². The molecule has 8 heteroatoms. The number of anilines is 2. The van der Waals surface area contributed by atoms with Gasteiger partial charge in [-0.15, -0.1) is 0 Å². The number of pyridine rings is 1. The molecule has 42 heavy (non-hydrogen) atoms. The normalized spacial score (nSPS) is 19.4. The fourth-order valence-electron chi connectivity index (χ4n) is 6.65.